The maximum Gasteiger partial charge on any atom is 0.333 e. The van der Waals surface area contributed by atoms with E-state index in [1.807, 2.05) is 0 Å². The van der Waals surface area contributed by atoms with E-state index < -0.39 is 22.3 Å². The number of carbonyl (C=O) groups is 1. The fraction of sp³-hybridized carbons (Fsp3) is 0.625. The Morgan fingerprint density at radius 1 is 1.69 bits per heavy atom. The van der Waals surface area contributed by atoms with Gasteiger partial charge >= 0.3 is 5.97 Å². The molecule has 0 amide bonds. The van der Waals surface area contributed by atoms with Gasteiger partial charge in [-0.25, -0.2) is 4.79 Å². The zero-order chi connectivity index (χ0) is 10.4. The van der Waals surface area contributed by atoms with E-state index in [1.54, 1.807) is 6.92 Å². The van der Waals surface area contributed by atoms with Gasteiger partial charge in [0.2, 0.25) is 0 Å². The fourth-order valence-corrected chi connectivity index (χ4v) is 1.04. The van der Waals surface area contributed by atoms with E-state index in [1.165, 1.54) is 19.9 Å². The molecule has 0 saturated heterocycles. The topological polar surface area (TPSA) is 66.4 Å². The minimum absolute atomic E-state index is 0.291. The van der Waals surface area contributed by atoms with Crippen LogP contribution in [0.4, 0.5) is 0 Å². The van der Waals surface area contributed by atoms with E-state index in [4.69, 9.17) is 0 Å². The lowest BCUT2D eigenvalue weighted by atomic mass is 10.2. The predicted molar refractivity (Wildman–Crippen MR) is 48.8 cm³/mol. The van der Waals surface area contributed by atoms with Crippen LogP contribution in [0.1, 0.15) is 20.8 Å². The van der Waals surface area contributed by atoms with Crippen molar-refractivity contribution in [3.8, 4) is 0 Å². The van der Waals surface area contributed by atoms with E-state index in [0.29, 0.717) is 12.2 Å². The van der Waals surface area contributed by atoms with Gasteiger partial charge < -0.3 is 9.29 Å². The van der Waals surface area contributed by atoms with Crippen molar-refractivity contribution in [1.82, 2.24) is 0 Å². The van der Waals surface area contributed by atoms with Gasteiger partial charge in [-0.3, -0.25) is 4.21 Å². The van der Waals surface area contributed by atoms with Crippen LogP contribution in [0.5, 0.6) is 0 Å². The third kappa shape index (κ3) is 4.80. The van der Waals surface area contributed by atoms with Crippen LogP contribution in [0.15, 0.2) is 11.6 Å². The summed E-state index contributed by atoms with van der Waals surface area (Å²) in [5.41, 5.74) is 0.318. The van der Waals surface area contributed by atoms with Crippen molar-refractivity contribution in [3.63, 3.8) is 0 Å². The van der Waals surface area contributed by atoms with Gasteiger partial charge in [0.1, 0.15) is 0 Å². The molecule has 76 valence electrons. The molecular formula is C8H13O4S-. The molecule has 0 aliphatic carbocycles. The number of esters is 1. The molecule has 0 fully saturated rings. The molecule has 0 aliphatic heterocycles. The molecule has 2 unspecified atom stereocenters. The Morgan fingerprint density at radius 3 is 2.62 bits per heavy atom. The Bertz CT molecular complexity index is 234. The Hall–Kier alpha value is -0.680. The summed E-state index contributed by atoms with van der Waals surface area (Å²) in [6, 6.07) is 0. The lowest BCUT2D eigenvalue weighted by Gasteiger charge is -2.10. The van der Waals surface area contributed by atoms with Crippen LogP contribution in [-0.2, 0) is 20.6 Å². The number of carbonyl (C=O) groups excluding carboxylic acids is 1. The molecule has 0 heterocycles. The largest absolute Gasteiger partial charge is 0.772 e. The van der Waals surface area contributed by atoms with Crippen LogP contribution >= 0.6 is 0 Å². The van der Waals surface area contributed by atoms with Crippen molar-refractivity contribution >= 4 is 17.0 Å². The summed E-state index contributed by atoms with van der Waals surface area (Å²) >= 11 is -2.19. The van der Waals surface area contributed by atoms with Crippen LogP contribution in [0.3, 0.4) is 0 Å². The van der Waals surface area contributed by atoms with Gasteiger partial charge in [0.15, 0.2) is 0 Å². The number of hydrogen-bond acceptors (Lipinski definition) is 4. The van der Waals surface area contributed by atoms with E-state index in [2.05, 4.69) is 4.74 Å². The number of ether oxygens (including phenoxy) is 1. The van der Waals surface area contributed by atoms with Crippen LogP contribution in [0.25, 0.3) is 0 Å². The molecule has 2 atom stereocenters. The Labute approximate surface area is 80.3 Å². The summed E-state index contributed by atoms with van der Waals surface area (Å²) in [6.45, 7) is 5.01. The molecule has 0 rings (SSSR count). The molecule has 13 heavy (non-hydrogen) atoms. The summed E-state index contributed by atoms with van der Waals surface area (Å²) in [7, 11) is 0. The summed E-state index contributed by atoms with van der Waals surface area (Å²) in [5, 5.41) is -0.663. The van der Waals surface area contributed by atoms with Crippen molar-refractivity contribution in [1.29, 1.82) is 0 Å². The number of rotatable bonds is 4. The van der Waals surface area contributed by atoms with Gasteiger partial charge in [-0.1, -0.05) is 6.08 Å². The Balaban J connectivity index is 4.31. The van der Waals surface area contributed by atoms with Gasteiger partial charge in [0.05, 0.1) is 6.61 Å². The van der Waals surface area contributed by atoms with Gasteiger partial charge in [-0.15, -0.1) is 0 Å². The second-order valence-electron chi connectivity index (χ2n) is 2.54. The molecule has 0 aromatic rings. The molecule has 0 bridgehead atoms. The Morgan fingerprint density at radius 2 is 2.23 bits per heavy atom. The van der Waals surface area contributed by atoms with Crippen molar-refractivity contribution in [2.75, 3.05) is 6.61 Å². The van der Waals surface area contributed by atoms with Gasteiger partial charge in [-0.05, 0) is 31.9 Å². The second-order valence-corrected chi connectivity index (χ2v) is 3.80. The van der Waals surface area contributed by atoms with E-state index in [9.17, 15) is 13.6 Å². The van der Waals surface area contributed by atoms with Crippen molar-refractivity contribution in [2.24, 2.45) is 0 Å². The summed E-state index contributed by atoms with van der Waals surface area (Å²) in [5.74, 6) is -0.472. The van der Waals surface area contributed by atoms with Crippen molar-refractivity contribution in [3.05, 3.63) is 11.6 Å². The third-order valence-electron chi connectivity index (χ3n) is 1.39. The summed E-state index contributed by atoms with van der Waals surface area (Å²) in [6.07, 6.45) is 1.36. The maximum atomic E-state index is 11.0. The predicted octanol–water partition coefficient (Wildman–Crippen LogP) is 0.763. The molecule has 4 nitrogen and oxygen atoms in total. The highest BCUT2D eigenvalue weighted by atomic mass is 32.2. The lowest BCUT2D eigenvalue weighted by molar-refractivity contribution is -0.138. The molecule has 0 N–H and O–H groups in total. The number of hydrogen-bond donors (Lipinski definition) is 0. The fourth-order valence-electron chi connectivity index (χ4n) is 0.721. The minimum Gasteiger partial charge on any atom is -0.772 e. The molecule has 0 saturated carbocycles. The van der Waals surface area contributed by atoms with Gasteiger partial charge in [0.25, 0.3) is 0 Å². The monoisotopic (exact) mass is 205 g/mol. The van der Waals surface area contributed by atoms with Gasteiger partial charge in [0, 0.05) is 10.8 Å². The SMILES string of the molecule is CCOC(=O)C(C)=CC(C)S(=O)[O-]. The zero-order valence-corrected chi connectivity index (χ0v) is 8.72. The maximum absolute atomic E-state index is 11.0. The van der Waals surface area contributed by atoms with Crippen LogP contribution in [0, 0.1) is 0 Å². The first-order valence-electron chi connectivity index (χ1n) is 3.92. The summed E-state index contributed by atoms with van der Waals surface area (Å²) in [4.78, 5) is 11.0. The highest BCUT2D eigenvalue weighted by Gasteiger charge is 2.06. The molecule has 0 aromatic heterocycles. The molecular weight excluding hydrogens is 192 g/mol. The molecule has 0 aromatic carbocycles. The molecule has 0 radical (unpaired) electrons. The molecule has 5 heteroatoms. The van der Waals surface area contributed by atoms with Gasteiger partial charge in [-0.2, -0.15) is 0 Å². The lowest BCUT2D eigenvalue weighted by Crippen LogP contribution is -2.11. The van der Waals surface area contributed by atoms with E-state index in [-0.39, 0.29) is 0 Å². The van der Waals surface area contributed by atoms with E-state index in [0.717, 1.165) is 0 Å². The first kappa shape index (κ1) is 12.3. The minimum atomic E-state index is -2.19. The zero-order valence-electron chi connectivity index (χ0n) is 7.90. The smallest absolute Gasteiger partial charge is 0.333 e. The second kappa shape index (κ2) is 5.88. The molecule has 0 spiro atoms. The highest BCUT2D eigenvalue weighted by Crippen LogP contribution is 2.02. The summed E-state index contributed by atoms with van der Waals surface area (Å²) < 4.78 is 25.5. The third-order valence-corrected chi connectivity index (χ3v) is 2.13. The average Bonchev–Trinajstić information content (AvgIpc) is 2.04. The first-order valence-corrected chi connectivity index (χ1v) is 5.06. The van der Waals surface area contributed by atoms with E-state index >= 15 is 0 Å². The normalized spacial score (nSPS) is 16.5. The van der Waals surface area contributed by atoms with Crippen LogP contribution < -0.4 is 0 Å². The van der Waals surface area contributed by atoms with Crippen LogP contribution in [-0.4, -0.2) is 26.6 Å². The quantitative estimate of drug-likeness (QED) is 0.386. The molecule has 0 aliphatic rings. The van der Waals surface area contributed by atoms with Crippen molar-refractivity contribution < 1.29 is 18.3 Å². The Kier molecular flexibility index (Phi) is 5.57. The first-order chi connectivity index (χ1) is 5.99. The highest BCUT2D eigenvalue weighted by molar-refractivity contribution is 7.79. The van der Waals surface area contributed by atoms with Crippen LogP contribution in [0.2, 0.25) is 0 Å². The average molecular weight is 205 g/mol. The standard InChI is InChI=1S/C8H14O4S/c1-4-12-8(9)6(2)5-7(3)13(10)11/h5,7H,4H2,1-3H3,(H,10,11)/p-1. The van der Waals surface area contributed by atoms with Crippen molar-refractivity contribution in [2.45, 2.75) is 26.0 Å².